The SMILES string of the molecule is CC(C#N)CNC1CCc2cc(F)ccc21. The molecule has 0 saturated carbocycles. The van der Waals surface area contributed by atoms with E-state index in [1.807, 2.05) is 13.0 Å². The average Bonchev–Trinajstić information content (AvgIpc) is 2.68. The molecule has 1 aliphatic carbocycles. The van der Waals surface area contributed by atoms with E-state index in [1.54, 1.807) is 6.07 Å². The van der Waals surface area contributed by atoms with Crippen molar-refractivity contribution >= 4 is 0 Å². The lowest BCUT2D eigenvalue weighted by Gasteiger charge is -2.14. The summed E-state index contributed by atoms with van der Waals surface area (Å²) in [5.41, 5.74) is 2.29. The van der Waals surface area contributed by atoms with Gasteiger partial charge in [0.1, 0.15) is 5.82 Å². The summed E-state index contributed by atoms with van der Waals surface area (Å²) >= 11 is 0. The maximum atomic E-state index is 13.0. The van der Waals surface area contributed by atoms with Crippen molar-refractivity contribution in [3.63, 3.8) is 0 Å². The van der Waals surface area contributed by atoms with Crippen LogP contribution in [0.1, 0.15) is 30.5 Å². The fraction of sp³-hybridized carbons (Fsp3) is 0.462. The lowest BCUT2D eigenvalue weighted by molar-refractivity contribution is 0.496. The van der Waals surface area contributed by atoms with Crippen molar-refractivity contribution < 1.29 is 4.39 Å². The molecule has 2 atom stereocenters. The molecule has 1 aromatic carbocycles. The fourth-order valence-electron chi connectivity index (χ4n) is 2.16. The van der Waals surface area contributed by atoms with Gasteiger partial charge in [0.05, 0.1) is 12.0 Å². The van der Waals surface area contributed by atoms with Gasteiger partial charge in [0.15, 0.2) is 0 Å². The third-order valence-corrected chi connectivity index (χ3v) is 3.07. The van der Waals surface area contributed by atoms with Crippen LogP contribution in [0.4, 0.5) is 4.39 Å². The molecule has 1 aliphatic rings. The summed E-state index contributed by atoms with van der Waals surface area (Å²) in [4.78, 5) is 0. The second kappa shape index (κ2) is 4.63. The average molecular weight is 218 g/mol. The Bertz CT molecular complexity index is 422. The highest BCUT2D eigenvalue weighted by atomic mass is 19.1. The molecule has 0 fully saturated rings. The van der Waals surface area contributed by atoms with Crippen LogP contribution < -0.4 is 5.32 Å². The van der Waals surface area contributed by atoms with Crippen molar-refractivity contribution in [1.82, 2.24) is 5.32 Å². The van der Waals surface area contributed by atoms with Crippen LogP contribution in [0.2, 0.25) is 0 Å². The van der Waals surface area contributed by atoms with Gasteiger partial charge >= 0.3 is 0 Å². The van der Waals surface area contributed by atoms with Crippen LogP contribution in [0.3, 0.4) is 0 Å². The number of fused-ring (bicyclic) bond motifs is 1. The summed E-state index contributed by atoms with van der Waals surface area (Å²) in [6, 6.07) is 7.46. The van der Waals surface area contributed by atoms with E-state index in [1.165, 1.54) is 11.6 Å². The van der Waals surface area contributed by atoms with Crippen molar-refractivity contribution in [2.24, 2.45) is 5.92 Å². The maximum Gasteiger partial charge on any atom is 0.123 e. The minimum absolute atomic E-state index is 0.0181. The van der Waals surface area contributed by atoms with E-state index in [4.69, 9.17) is 5.26 Å². The number of hydrogen-bond acceptors (Lipinski definition) is 2. The number of rotatable bonds is 3. The normalized spacial score (nSPS) is 20.2. The number of nitriles is 1. The molecule has 2 nitrogen and oxygen atoms in total. The predicted octanol–water partition coefficient (Wildman–Crippen LogP) is 2.56. The van der Waals surface area contributed by atoms with Gasteiger partial charge in [-0.1, -0.05) is 6.07 Å². The summed E-state index contributed by atoms with van der Waals surface area (Å²) in [5.74, 6) is -0.144. The second-order valence-corrected chi connectivity index (χ2v) is 4.37. The second-order valence-electron chi connectivity index (χ2n) is 4.37. The number of benzene rings is 1. The Kier molecular flexibility index (Phi) is 3.21. The third kappa shape index (κ3) is 2.23. The molecule has 0 aliphatic heterocycles. The quantitative estimate of drug-likeness (QED) is 0.846. The topological polar surface area (TPSA) is 35.8 Å². The number of hydrogen-bond donors (Lipinski definition) is 1. The molecule has 0 bridgehead atoms. The van der Waals surface area contributed by atoms with Gasteiger partial charge in [-0.15, -0.1) is 0 Å². The molecule has 84 valence electrons. The summed E-state index contributed by atoms with van der Waals surface area (Å²) in [6.45, 7) is 2.59. The third-order valence-electron chi connectivity index (χ3n) is 3.07. The molecule has 0 heterocycles. The molecule has 0 saturated heterocycles. The molecule has 1 aromatic rings. The van der Waals surface area contributed by atoms with Crippen molar-refractivity contribution in [3.05, 3.63) is 35.1 Å². The fourth-order valence-corrected chi connectivity index (χ4v) is 2.16. The Balaban J connectivity index is 2.04. The predicted molar refractivity (Wildman–Crippen MR) is 60.2 cm³/mol. The molecule has 2 rings (SSSR count). The zero-order valence-corrected chi connectivity index (χ0v) is 9.33. The van der Waals surface area contributed by atoms with Gasteiger partial charge in [-0.2, -0.15) is 5.26 Å². The standard InChI is InChI=1S/C13H15FN2/c1-9(7-15)8-16-13-5-2-10-6-11(14)3-4-12(10)13/h3-4,6,9,13,16H,2,5,8H2,1H3. The molecule has 1 N–H and O–H groups in total. The summed E-state index contributed by atoms with van der Waals surface area (Å²) < 4.78 is 13.0. The Labute approximate surface area is 95.1 Å². The van der Waals surface area contributed by atoms with Gasteiger partial charge in [0.2, 0.25) is 0 Å². The van der Waals surface area contributed by atoms with Gasteiger partial charge in [-0.3, -0.25) is 0 Å². The van der Waals surface area contributed by atoms with Crippen LogP contribution in [0.25, 0.3) is 0 Å². The molecule has 0 amide bonds. The summed E-state index contributed by atoms with van der Waals surface area (Å²) in [5, 5.41) is 12.1. The van der Waals surface area contributed by atoms with Crippen LogP contribution in [0.5, 0.6) is 0 Å². The first-order valence-corrected chi connectivity index (χ1v) is 5.62. The van der Waals surface area contributed by atoms with Gasteiger partial charge in [-0.05, 0) is 43.0 Å². The lowest BCUT2D eigenvalue weighted by Crippen LogP contribution is -2.24. The molecule has 0 aromatic heterocycles. The smallest absolute Gasteiger partial charge is 0.123 e. The highest BCUT2D eigenvalue weighted by Crippen LogP contribution is 2.31. The zero-order valence-electron chi connectivity index (χ0n) is 9.33. The van der Waals surface area contributed by atoms with Crippen molar-refractivity contribution in [2.45, 2.75) is 25.8 Å². The highest BCUT2D eigenvalue weighted by molar-refractivity contribution is 5.34. The number of halogens is 1. The van der Waals surface area contributed by atoms with Crippen LogP contribution >= 0.6 is 0 Å². The van der Waals surface area contributed by atoms with Crippen LogP contribution in [0.15, 0.2) is 18.2 Å². The van der Waals surface area contributed by atoms with Crippen LogP contribution in [-0.4, -0.2) is 6.54 Å². The Morgan fingerprint density at radius 3 is 3.19 bits per heavy atom. The number of nitrogens with zero attached hydrogens (tertiary/aromatic N) is 1. The maximum absolute atomic E-state index is 13.0. The molecular weight excluding hydrogens is 203 g/mol. The lowest BCUT2D eigenvalue weighted by atomic mass is 10.1. The van der Waals surface area contributed by atoms with Gasteiger partial charge in [0.25, 0.3) is 0 Å². The van der Waals surface area contributed by atoms with E-state index in [0.717, 1.165) is 18.4 Å². The summed E-state index contributed by atoms with van der Waals surface area (Å²) in [7, 11) is 0. The highest BCUT2D eigenvalue weighted by Gasteiger charge is 2.22. The van der Waals surface area contributed by atoms with E-state index in [2.05, 4.69) is 11.4 Å². The van der Waals surface area contributed by atoms with Crippen molar-refractivity contribution in [3.8, 4) is 6.07 Å². The molecule has 0 spiro atoms. The molecular formula is C13H15FN2. The Hall–Kier alpha value is -1.40. The van der Waals surface area contributed by atoms with Crippen molar-refractivity contribution in [2.75, 3.05) is 6.54 Å². The minimum atomic E-state index is -0.162. The largest absolute Gasteiger partial charge is 0.309 e. The van der Waals surface area contributed by atoms with Gasteiger partial charge < -0.3 is 5.32 Å². The van der Waals surface area contributed by atoms with E-state index < -0.39 is 0 Å². The number of aryl methyl sites for hydroxylation is 1. The Morgan fingerprint density at radius 1 is 1.62 bits per heavy atom. The first-order valence-electron chi connectivity index (χ1n) is 5.62. The number of nitrogens with one attached hydrogen (secondary N) is 1. The van der Waals surface area contributed by atoms with Crippen LogP contribution in [0, 0.1) is 23.1 Å². The molecule has 2 unspecified atom stereocenters. The first-order chi connectivity index (χ1) is 7.70. The molecule has 0 radical (unpaired) electrons. The minimum Gasteiger partial charge on any atom is -0.309 e. The monoisotopic (exact) mass is 218 g/mol. The zero-order chi connectivity index (χ0) is 11.5. The van der Waals surface area contributed by atoms with E-state index in [9.17, 15) is 4.39 Å². The van der Waals surface area contributed by atoms with E-state index in [0.29, 0.717) is 6.54 Å². The van der Waals surface area contributed by atoms with Gasteiger partial charge in [-0.25, -0.2) is 4.39 Å². The van der Waals surface area contributed by atoms with E-state index in [-0.39, 0.29) is 17.8 Å². The summed E-state index contributed by atoms with van der Waals surface area (Å²) in [6.07, 6.45) is 1.92. The van der Waals surface area contributed by atoms with E-state index >= 15 is 0 Å². The van der Waals surface area contributed by atoms with Gasteiger partial charge in [0, 0.05) is 12.6 Å². The van der Waals surface area contributed by atoms with Crippen LogP contribution in [-0.2, 0) is 6.42 Å². The first kappa shape index (κ1) is 11.1. The molecule has 16 heavy (non-hydrogen) atoms. The Morgan fingerprint density at radius 2 is 2.44 bits per heavy atom. The molecule has 3 heteroatoms. The van der Waals surface area contributed by atoms with Crippen molar-refractivity contribution in [1.29, 1.82) is 5.26 Å².